The quantitative estimate of drug-likeness (QED) is 0.310. The van der Waals surface area contributed by atoms with E-state index in [0.29, 0.717) is 25.7 Å². The van der Waals surface area contributed by atoms with E-state index < -0.39 is 11.9 Å². The van der Waals surface area contributed by atoms with Gasteiger partial charge in [-0.1, -0.05) is 31.2 Å². The topological polar surface area (TPSA) is 110 Å². The minimum atomic E-state index is -1.00. The predicted molar refractivity (Wildman–Crippen MR) is 128 cm³/mol. The first-order valence-electron chi connectivity index (χ1n) is 11.6. The highest BCUT2D eigenvalue weighted by atomic mass is 16.4. The van der Waals surface area contributed by atoms with Crippen molar-refractivity contribution in [1.82, 2.24) is 14.7 Å². The smallest absolute Gasteiger partial charge is 0.317 e. The van der Waals surface area contributed by atoms with E-state index in [-0.39, 0.29) is 13.1 Å². The molecule has 1 atom stereocenters. The van der Waals surface area contributed by atoms with Gasteiger partial charge in [0.05, 0.1) is 13.1 Å². The summed E-state index contributed by atoms with van der Waals surface area (Å²) in [6.07, 6.45) is 5.04. The molecule has 8 heteroatoms. The molecule has 0 fully saturated rings. The van der Waals surface area contributed by atoms with Crippen LogP contribution in [0.25, 0.3) is 0 Å². The Labute approximate surface area is 193 Å². The SMILES string of the molecule is CCC(CCCc1ccc(CCN)cc1)N(CCN(C)C)CCN(CC(=O)O)CC(=O)O. The van der Waals surface area contributed by atoms with Crippen LogP contribution in [0.4, 0.5) is 0 Å². The van der Waals surface area contributed by atoms with Gasteiger partial charge in [0.25, 0.3) is 0 Å². The number of carbonyl (C=O) groups is 2. The van der Waals surface area contributed by atoms with Crippen LogP contribution in [-0.4, -0.2) is 103 Å². The first-order valence-corrected chi connectivity index (χ1v) is 11.6. The molecule has 1 aromatic carbocycles. The molecular formula is C24H42N4O4. The van der Waals surface area contributed by atoms with Crippen molar-refractivity contribution in [3.63, 3.8) is 0 Å². The molecule has 0 saturated carbocycles. The maximum atomic E-state index is 11.1. The number of rotatable bonds is 18. The Morgan fingerprint density at radius 1 is 0.906 bits per heavy atom. The van der Waals surface area contributed by atoms with Gasteiger partial charge >= 0.3 is 11.9 Å². The van der Waals surface area contributed by atoms with E-state index in [9.17, 15) is 9.59 Å². The van der Waals surface area contributed by atoms with Crippen molar-refractivity contribution in [3.8, 4) is 0 Å². The van der Waals surface area contributed by atoms with Gasteiger partial charge in [-0.05, 0) is 63.9 Å². The average Bonchev–Trinajstić information content (AvgIpc) is 2.72. The lowest BCUT2D eigenvalue weighted by molar-refractivity contribution is -0.141. The van der Waals surface area contributed by atoms with Crippen molar-refractivity contribution in [3.05, 3.63) is 35.4 Å². The Morgan fingerprint density at radius 2 is 1.44 bits per heavy atom. The van der Waals surface area contributed by atoms with Crippen LogP contribution in [0.5, 0.6) is 0 Å². The van der Waals surface area contributed by atoms with Crippen molar-refractivity contribution in [2.45, 2.75) is 45.1 Å². The molecule has 4 N–H and O–H groups in total. The van der Waals surface area contributed by atoms with Crippen molar-refractivity contribution in [2.75, 3.05) is 59.9 Å². The summed E-state index contributed by atoms with van der Waals surface area (Å²) < 4.78 is 0. The predicted octanol–water partition coefficient (Wildman–Crippen LogP) is 1.62. The number of hydrogen-bond donors (Lipinski definition) is 3. The zero-order chi connectivity index (χ0) is 23.9. The van der Waals surface area contributed by atoms with Gasteiger partial charge in [0, 0.05) is 32.2 Å². The van der Waals surface area contributed by atoms with E-state index in [1.165, 1.54) is 16.0 Å². The highest BCUT2D eigenvalue weighted by Gasteiger charge is 2.20. The molecule has 0 amide bonds. The minimum absolute atomic E-state index is 0.259. The van der Waals surface area contributed by atoms with Crippen LogP contribution in [0.1, 0.15) is 37.3 Å². The van der Waals surface area contributed by atoms with Gasteiger partial charge in [-0.3, -0.25) is 19.4 Å². The zero-order valence-electron chi connectivity index (χ0n) is 20.0. The molecule has 182 valence electrons. The number of aryl methyl sites for hydroxylation is 1. The van der Waals surface area contributed by atoms with E-state index in [4.69, 9.17) is 15.9 Å². The van der Waals surface area contributed by atoms with Gasteiger partial charge in [0.2, 0.25) is 0 Å². The van der Waals surface area contributed by atoms with Crippen LogP contribution in [-0.2, 0) is 22.4 Å². The summed E-state index contributed by atoms with van der Waals surface area (Å²) in [5.41, 5.74) is 8.22. The molecule has 1 aromatic rings. The van der Waals surface area contributed by atoms with E-state index in [0.717, 1.165) is 45.2 Å². The van der Waals surface area contributed by atoms with Gasteiger partial charge in [0.15, 0.2) is 0 Å². The second-order valence-corrected chi connectivity index (χ2v) is 8.65. The molecule has 0 aromatic heterocycles. The van der Waals surface area contributed by atoms with E-state index in [1.807, 2.05) is 14.1 Å². The molecule has 0 aliphatic rings. The number of aliphatic carboxylic acids is 2. The normalized spacial score (nSPS) is 12.6. The van der Waals surface area contributed by atoms with Crippen molar-refractivity contribution in [1.29, 1.82) is 0 Å². The highest BCUT2D eigenvalue weighted by molar-refractivity contribution is 5.72. The summed E-state index contributed by atoms with van der Waals surface area (Å²) in [5, 5.41) is 18.2. The summed E-state index contributed by atoms with van der Waals surface area (Å²) in [7, 11) is 4.07. The van der Waals surface area contributed by atoms with Gasteiger partial charge in [-0.25, -0.2) is 0 Å². The minimum Gasteiger partial charge on any atom is -0.480 e. The van der Waals surface area contributed by atoms with Gasteiger partial charge < -0.3 is 20.8 Å². The van der Waals surface area contributed by atoms with Crippen LogP contribution in [0.15, 0.2) is 24.3 Å². The number of hydrogen-bond acceptors (Lipinski definition) is 6. The Kier molecular flexibility index (Phi) is 13.8. The average molecular weight is 451 g/mol. The first-order chi connectivity index (χ1) is 15.2. The van der Waals surface area contributed by atoms with Crippen LogP contribution in [0.2, 0.25) is 0 Å². The number of benzene rings is 1. The van der Waals surface area contributed by atoms with Gasteiger partial charge in [-0.2, -0.15) is 0 Å². The molecule has 0 radical (unpaired) electrons. The molecule has 1 rings (SSSR count). The second-order valence-electron chi connectivity index (χ2n) is 8.65. The third kappa shape index (κ3) is 12.1. The summed E-state index contributed by atoms with van der Waals surface area (Å²) in [4.78, 5) is 28.2. The maximum Gasteiger partial charge on any atom is 0.317 e. The summed E-state index contributed by atoms with van der Waals surface area (Å²) in [6.45, 7) is 5.17. The van der Waals surface area contributed by atoms with Crippen LogP contribution in [0.3, 0.4) is 0 Å². The molecule has 0 aliphatic carbocycles. The van der Waals surface area contributed by atoms with Crippen LogP contribution >= 0.6 is 0 Å². The largest absolute Gasteiger partial charge is 0.480 e. The fourth-order valence-corrected chi connectivity index (χ4v) is 3.90. The fourth-order valence-electron chi connectivity index (χ4n) is 3.90. The third-order valence-corrected chi connectivity index (χ3v) is 5.70. The molecule has 32 heavy (non-hydrogen) atoms. The third-order valence-electron chi connectivity index (χ3n) is 5.70. The van der Waals surface area contributed by atoms with Crippen molar-refractivity contribution in [2.24, 2.45) is 5.73 Å². The summed E-state index contributed by atoms with van der Waals surface area (Å²) in [5.74, 6) is -2.01. The molecule has 1 unspecified atom stereocenters. The number of likely N-dealkylation sites (N-methyl/N-ethyl adjacent to an activating group) is 1. The lowest BCUT2D eigenvalue weighted by Gasteiger charge is -2.33. The maximum absolute atomic E-state index is 11.1. The molecule has 0 spiro atoms. The van der Waals surface area contributed by atoms with Crippen LogP contribution < -0.4 is 5.73 Å². The zero-order valence-corrected chi connectivity index (χ0v) is 20.0. The Hall–Kier alpha value is -2.00. The number of carboxylic acids is 2. The highest BCUT2D eigenvalue weighted by Crippen LogP contribution is 2.15. The molecule has 0 aliphatic heterocycles. The first kappa shape index (κ1) is 28.0. The lowest BCUT2D eigenvalue weighted by atomic mass is 10.0. The molecule has 0 bridgehead atoms. The van der Waals surface area contributed by atoms with Crippen LogP contribution in [0, 0.1) is 0 Å². The Balaban J connectivity index is 2.69. The van der Waals surface area contributed by atoms with Gasteiger partial charge in [0.1, 0.15) is 0 Å². The van der Waals surface area contributed by atoms with Gasteiger partial charge in [-0.15, -0.1) is 0 Å². The Bertz CT molecular complexity index is 650. The lowest BCUT2D eigenvalue weighted by Crippen LogP contribution is -2.45. The monoisotopic (exact) mass is 450 g/mol. The summed E-state index contributed by atoms with van der Waals surface area (Å²) in [6, 6.07) is 9.06. The van der Waals surface area contributed by atoms with E-state index >= 15 is 0 Å². The van der Waals surface area contributed by atoms with Crippen molar-refractivity contribution < 1.29 is 19.8 Å². The number of carboxylic acid groups (broad SMARTS) is 2. The van der Waals surface area contributed by atoms with E-state index in [2.05, 4.69) is 41.0 Å². The Morgan fingerprint density at radius 3 is 1.91 bits per heavy atom. The summed E-state index contributed by atoms with van der Waals surface area (Å²) >= 11 is 0. The second kappa shape index (κ2) is 15.7. The van der Waals surface area contributed by atoms with Crippen molar-refractivity contribution >= 4 is 11.9 Å². The fraction of sp³-hybridized carbons (Fsp3) is 0.667. The molecule has 0 saturated heterocycles. The molecular weight excluding hydrogens is 408 g/mol. The number of nitrogens with zero attached hydrogens (tertiary/aromatic N) is 3. The molecule has 0 heterocycles. The number of nitrogens with two attached hydrogens (primary N) is 1. The molecule has 8 nitrogen and oxygen atoms in total. The standard InChI is InChI=1S/C24H42N4O4/c1-4-22(7-5-6-20-8-10-21(11-9-20)12-13-25)28(16-14-26(2)3)17-15-27(18-23(29)30)19-24(31)32/h8-11,22H,4-7,12-19,25H2,1-3H3,(H,29,30)(H,31,32). The van der Waals surface area contributed by atoms with E-state index in [1.54, 1.807) is 0 Å².